The molecule has 142 valence electrons. The third-order valence-corrected chi connectivity index (χ3v) is 5.34. The molecule has 1 unspecified atom stereocenters. The second-order valence-electron chi connectivity index (χ2n) is 6.18. The minimum Gasteiger partial charge on any atom is -0.459 e. The zero-order chi connectivity index (χ0) is 19.5. The van der Waals surface area contributed by atoms with Crippen molar-refractivity contribution in [3.8, 4) is 0 Å². The highest BCUT2D eigenvalue weighted by Gasteiger charge is 2.31. The molecule has 1 aromatic carbocycles. The van der Waals surface area contributed by atoms with Crippen LogP contribution in [-0.4, -0.2) is 25.6 Å². The van der Waals surface area contributed by atoms with E-state index in [1.807, 2.05) is 0 Å². The number of hydrogen-bond acceptors (Lipinski definition) is 6. The summed E-state index contributed by atoms with van der Waals surface area (Å²) in [4.78, 5) is 11.9. The van der Waals surface area contributed by atoms with Crippen LogP contribution in [0.4, 0.5) is 4.39 Å². The molecule has 2 aromatic rings. The Morgan fingerprint density at radius 2 is 1.96 bits per heavy atom. The van der Waals surface area contributed by atoms with E-state index in [9.17, 15) is 17.6 Å². The molecule has 0 amide bonds. The van der Waals surface area contributed by atoms with Gasteiger partial charge in [-0.1, -0.05) is 31.1 Å². The number of benzene rings is 1. The number of nitrogens with zero attached hydrogens (tertiary/aromatic N) is 1. The first-order valence-electron chi connectivity index (χ1n) is 7.98. The summed E-state index contributed by atoms with van der Waals surface area (Å²) in [7, 11) is -4.23. The van der Waals surface area contributed by atoms with Crippen molar-refractivity contribution in [2.45, 2.75) is 45.2 Å². The van der Waals surface area contributed by atoms with E-state index in [0.29, 0.717) is 17.0 Å². The number of halogens is 1. The predicted octanol–water partition coefficient (Wildman–Crippen LogP) is 2.48. The molecule has 0 spiro atoms. The molecular weight excluding hydrogens is 363 g/mol. The molecule has 9 heteroatoms. The summed E-state index contributed by atoms with van der Waals surface area (Å²) in [5, 5.41) is 3.76. The molecular formula is C17H21FN2O5S. The molecule has 7 nitrogen and oxygen atoms in total. The summed E-state index contributed by atoms with van der Waals surface area (Å²) in [5.41, 5.74) is 1.21. The van der Waals surface area contributed by atoms with Crippen LogP contribution in [0.2, 0.25) is 0 Å². The van der Waals surface area contributed by atoms with Crippen LogP contribution in [0.15, 0.2) is 33.7 Å². The highest BCUT2D eigenvalue weighted by Crippen LogP contribution is 2.18. The Morgan fingerprint density at radius 1 is 1.31 bits per heavy atom. The van der Waals surface area contributed by atoms with Gasteiger partial charge in [0, 0.05) is 0 Å². The van der Waals surface area contributed by atoms with Gasteiger partial charge in [-0.2, -0.15) is 4.72 Å². The first kappa shape index (κ1) is 20.1. The minimum atomic E-state index is -4.23. The minimum absolute atomic E-state index is 0.0926. The number of esters is 1. The molecule has 1 aromatic heterocycles. The fourth-order valence-electron chi connectivity index (χ4n) is 2.29. The Bertz CT molecular complexity index is 873. The normalized spacial score (nSPS) is 13.0. The summed E-state index contributed by atoms with van der Waals surface area (Å²) in [6.07, 6.45) is 0. The molecule has 0 aliphatic heterocycles. The number of nitrogens with one attached hydrogen (secondary N) is 1. The smallest absolute Gasteiger partial charge is 0.324 e. The second-order valence-corrected chi connectivity index (χ2v) is 7.87. The number of rotatable bonds is 7. The van der Waals surface area contributed by atoms with E-state index >= 15 is 0 Å². The van der Waals surface area contributed by atoms with Crippen molar-refractivity contribution in [3.63, 3.8) is 0 Å². The molecule has 0 saturated carbocycles. The maximum Gasteiger partial charge on any atom is 0.324 e. The van der Waals surface area contributed by atoms with Crippen LogP contribution in [0.25, 0.3) is 0 Å². The van der Waals surface area contributed by atoms with Gasteiger partial charge in [0.2, 0.25) is 10.0 Å². The van der Waals surface area contributed by atoms with Gasteiger partial charge in [-0.05, 0) is 31.9 Å². The Balaban J connectivity index is 2.15. The molecule has 1 atom stereocenters. The van der Waals surface area contributed by atoms with Gasteiger partial charge in [-0.25, -0.2) is 12.8 Å². The van der Waals surface area contributed by atoms with Crippen LogP contribution >= 0.6 is 0 Å². The Morgan fingerprint density at radius 3 is 2.50 bits per heavy atom. The third-order valence-electron chi connectivity index (χ3n) is 3.87. The number of hydrogen-bond donors (Lipinski definition) is 1. The van der Waals surface area contributed by atoms with E-state index in [-0.39, 0.29) is 6.61 Å². The van der Waals surface area contributed by atoms with Gasteiger partial charge < -0.3 is 9.26 Å². The van der Waals surface area contributed by atoms with Crippen LogP contribution in [0.1, 0.15) is 30.9 Å². The first-order valence-corrected chi connectivity index (χ1v) is 9.47. The maximum atomic E-state index is 13.8. The summed E-state index contributed by atoms with van der Waals surface area (Å²) >= 11 is 0. The van der Waals surface area contributed by atoms with E-state index in [1.54, 1.807) is 27.7 Å². The highest BCUT2D eigenvalue weighted by atomic mass is 32.2. The molecule has 0 bridgehead atoms. The molecule has 26 heavy (non-hydrogen) atoms. The van der Waals surface area contributed by atoms with Gasteiger partial charge in [0.1, 0.15) is 29.1 Å². The lowest BCUT2D eigenvalue weighted by atomic mass is 10.1. The Labute approximate surface area is 151 Å². The molecule has 2 rings (SSSR count). The summed E-state index contributed by atoms with van der Waals surface area (Å²) < 4.78 is 51.1. The third kappa shape index (κ3) is 4.47. The standard InChI is InChI=1S/C17H21FN2O5S/c1-10(2)16(17(21)24-9-13-11(3)19-25-12(13)4)20-26(22,23)15-8-6-5-7-14(15)18/h5-8,10,16,20H,9H2,1-4H3. The molecule has 0 aliphatic carbocycles. The fraction of sp³-hybridized carbons (Fsp3) is 0.412. The average Bonchev–Trinajstić information content (AvgIpc) is 2.89. The second kappa shape index (κ2) is 7.96. The zero-order valence-corrected chi connectivity index (χ0v) is 15.8. The molecule has 0 aliphatic rings. The van der Waals surface area contributed by atoms with Gasteiger partial charge >= 0.3 is 5.97 Å². The number of sulfonamides is 1. The van der Waals surface area contributed by atoms with Crippen molar-refractivity contribution in [2.75, 3.05) is 0 Å². The lowest BCUT2D eigenvalue weighted by molar-refractivity contribution is -0.148. The number of carbonyl (C=O) groups excluding carboxylic acids is 1. The maximum absolute atomic E-state index is 13.8. The molecule has 0 fully saturated rings. The van der Waals surface area contributed by atoms with Crippen molar-refractivity contribution < 1.29 is 26.9 Å². The Kier molecular flexibility index (Phi) is 6.14. The van der Waals surface area contributed by atoms with E-state index in [0.717, 1.165) is 12.1 Å². The van der Waals surface area contributed by atoms with Crippen LogP contribution in [0, 0.1) is 25.6 Å². The molecule has 1 N–H and O–H groups in total. The average molecular weight is 384 g/mol. The van der Waals surface area contributed by atoms with Crippen molar-refractivity contribution in [1.82, 2.24) is 9.88 Å². The van der Waals surface area contributed by atoms with E-state index in [4.69, 9.17) is 9.26 Å². The number of carbonyl (C=O) groups is 1. The SMILES string of the molecule is Cc1noc(C)c1COC(=O)C(NS(=O)(=O)c1ccccc1F)C(C)C. The predicted molar refractivity (Wildman–Crippen MR) is 91.1 cm³/mol. The van der Waals surface area contributed by atoms with Gasteiger partial charge in [-0.15, -0.1) is 0 Å². The van der Waals surface area contributed by atoms with E-state index in [1.165, 1.54) is 12.1 Å². The topological polar surface area (TPSA) is 98.5 Å². The summed E-state index contributed by atoms with van der Waals surface area (Å²) in [5.74, 6) is -1.55. The number of aromatic nitrogens is 1. The van der Waals surface area contributed by atoms with Gasteiger partial charge in [0.05, 0.1) is 11.3 Å². The van der Waals surface area contributed by atoms with Crippen LogP contribution in [-0.2, 0) is 26.2 Å². The molecule has 0 radical (unpaired) electrons. The van der Waals surface area contributed by atoms with Crippen molar-refractivity contribution in [3.05, 3.63) is 47.1 Å². The van der Waals surface area contributed by atoms with Crippen LogP contribution < -0.4 is 4.72 Å². The summed E-state index contributed by atoms with van der Waals surface area (Å²) in [6.45, 7) is 6.62. The fourth-order valence-corrected chi connectivity index (χ4v) is 3.70. The quantitative estimate of drug-likeness (QED) is 0.737. The molecule has 0 saturated heterocycles. The lowest BCUT2D eigenvalue weighted by Crippen LogP contribution is -2.45. The van der Waals surface area contributed by atoms with Gasteiger partial charge in [-0.3, -0.25) is 4.79 Å². The van der Waals surface area contributed by atoms with Crippen molar-refractivity contribution in [2.24, 2.45) is 5.92 Å². The zero-order valence-electron chi connectivity index (χ0n) is 14.9. The highest BCUT2D eigenvalue weighted by molar-refractivity contribution is 7.89. The van der Waals surface area contributed by atoms with Crippen molar-refractivity contribution >= 4 is 16.0 Å². The van der Waals surface area contributed by atoms with Crippen molar-refractivity contribution in [1.29, 1.82) is 0 Å². The van der Waals surface area contributed by atoms with Gasteiger partial charge in [0.25, 0.3) is 0 Å². The number of ether oxygens (including phenoxy) is 1. The largest absolute Gasteiger partial charge is 0.459 e. The van der Waals surface area contributed by atoms with Crippen LogP contribution in [0.3, 0.4) is 0 Å². The monoisotopic (exact) mass is 384 g/mol. The van der Waals surface area contributed by atoms with E-state index in [2.05, 4.69) is 9.88 Å². The summed E-state index contributed by atoms with van der Waals surface area (Å²) in [6, 6.07) is 3.78. The lowest BCUT2D eigenvalue weighted by Gasteiger charge is -2.21. The molecule has 1 heterocycles. The number of aryl methyl sites for hydroxylation is 2. The first-order chi connectivity index (χ1) is 12.1. The van der Waals surface area contributed by atoms with Gasteiger partial charge in [0.15, 0.2) is 0 Å². The van der Waals surface area contributed by atoms with E-state index < -0.39 is 38.7 Å². The van der Waals surface area contributed by atoms with Crippen LogP contribution in [0.5, 0.6) is 0 Å². The Hall–Kier alpha value is -2.26.